The Morgan fingerprint density at radius 2 is 1.70 bits per heavy atom. The minimum atomic E-state index is 0. The van der Waals surface area contributed by atoms with E-state index in [9.17, 15) is 0 Å². The van der Waals surface area contributed by atoms with E-state index < -0.39 is 0 Å². The third-order valence-corrected chi connectivity index (χ3v) is 4.57. The Hall–Kier alpha value is -2.32. The first-order chi connectivity index (χ1) is 10.7. The molecule has 2 N–H and O–H groups in total. The summed E-state index contributed by atoms with van der Waals surface area (Å²) < 4.78 is 6.20. The van der Waals surface area contributed by atoms with Gasteiger partial charge in [0.1, 0.15) is 11.5 Å². The van der Waals surface area contributed by atoms with E-state index in [4.69, 9.17) is 4.74 Å². The lowest BCUT2D eigenvalue weighted by molar-refractivity contribution is 0.359. The summed E-state index contributed by atoms with van der Waals surface area (Å²) in [6.45, 7) is 4.51. The molecule has 0 aromatic heterocycles. The van der Waals surface area contributed by atoms with Gasteiger partial charge in [-0.2, -0.15) is 0 Å². The van der Waals surface area contributed by atoms with Crippen LogP contribution in [0.25, 0.3) is 16.5 Å². The highest BCUT2D eigenvalue weighted by Crippen LogP contribution is 2.38. The minimum Gasteiger partial charge on any atom is -0.457 e. The van der Waals surface area contributed by atoms with Crippen molar-refractivity contribution in [2.24, 2.45) is 11.8 Å². The van der Waals surface area contributed by atoms with Gasteiger partial charge in [0.25, 0.3) is 0 Å². The molecular formula is C21H22O2. The molecule has 2 aromatic rings. The van der Waals surface area contributed by atoms with Crippen molar-refractivity contribution in [3.05, 3.63) is 77.6 Å². The zero-order valence-corrected chi connectivity index (χ0v) is 13.5. The largest absolute Gasteiger partial charge is 0.457 e. The van der Waals surface area contributed by atoms with Crippen LogP contribution in [0.1, 0.15) is 25.8 Å². The zero-order chi connectivity index (χ0) is 15.1. The van der Waals surface area contributed by atoms with E-state index in [1.807, 2.05) is 0 Å². The van der Waals surface area contributed by atoms with Gasteiger partial charge in [-0.1, -0.05) is 56.3 Å². The Morgan fingerprint density at radius 1 is 0.913 bits per heavy atom. The van der Waals surface area contributed by atoms with Crippen LogP contribution in [-0.4, -0.2) is 5.48 Å². The first-order valence-corrected chi connectivity index (χ1v) is 8.02. The van der Waals surface area contributed by atoms with Crippen LogP contribution in [0.4, 0.5) is 0 Å². The fraction of sp³-hybridized carbons (Fsp3) is 0.238. The van der Waals surface area contributed by atoms with Gasteiger partial charge in [-0.15, -0.1) is 0 Å². The van der Waals surface area contributed by atoms with Crippen LogP contribution < -0.4 is 0 Å². The molecule has 1 aliphatic heterocycles. The molecular weight excluding hydrogens is 284 g/mol. The quantitative estimate of drug-likeness (QED) is 0.740. The van der Waals surface area contributed by atoms with Gasteiger partial charge in [0, 0.05) is 11.5 Å². The molecule has 2 nitrogen and oxygen atoms in total. The lowest BCUT2D eigenvalue weighted by Crippen LogP contribution is -2.14. The number of benzene rings is 2. The second-order valence-electron chi connectivity index (χ2n) is 6.39. The first kappa shape index (κ1) is 15.6. The van der Waals surface area contributed by atoms with Crippen LogP contribution in [-0.2, 0) is 4.74 Å². The maximum atomic E-state index is 6.20. The van der Waals surface area contributed by atoms with Crippen LogP contribution in [0.2, 0.25) is 0 Å². The van der Waals surface area contributed by atoms with Gasteiger partial charge in [-0.25, -0.2) is 0 Å². The van der Waals surface area contributed by atoms with Crippen molar-refractivity contribution in [3.63, 3.8) is 0 Å². The fourth-order valence-electron chi connectivity index (χ4n) is 3.31. The molecule has 0 saturated carbocycles. The predicted molar refractivity (Wildman–Crippen MR) is 95.7 cm³/mol. The Balaban J connectivity index is 0.00000156. The molecule has 2 atom stereocenters. The summed E-state index contributed by atoms with van der Waals surface area (Å²) in [7, 11) is 0. The molecule has 2 aromatic carbocycles. The van der Waals surface area contributed by atoms with E-state index in [-0.39, 0.29) is 5.48 Å². The van der Waals surface area contributed by atoms with E-state index in [1.54, 1.807) is 0 Å². The number of rotatable bonds is 1. The standard InChI is InChI=1S/C21H20O.H2O/c1-14-7-10-20-19(11-14)15(2)12-21(22-20)18-9-8-16-5-3-4-6-17(16)13-18;/h3-6,8-15H,7H2,1-2H3;1H2. The van der Waals surface area contributed by atoms with E-state index in [0.717, 1.165) is 23.5 Å². The van der Waals surface area contributed by atoms with Crippen LogP contribution in [0.15, 0.2) is 72.0 Å². The van der Waals surface area contributed by atoms with Crippen LogP contribution in [0.3, 0.4) is 0 Å². The molecule has 2 aliphatic rings. The van der Waals surface area contributed by atoms with E-state index >= 15 is 0 Å². The summed E-state index contributed by atoms with van der Waals surface area (Å²) in [4.78, 5) is 0. The molecule has 0 fully saturated rings. The smallest absolute Gasteiger partial charge is 0.131 e. The third-order valence-electron chi connectivity index (χ3n) is 4.57. The van der Waals surface area contributed by atoms with Gasteiger partial charge in [-0.3, -0.25) is 0 Å². The summed E-state index contributed by atoms with van der Waals surface area (Å²) in [5.41, 5.74) is 2.49. The molecule has 4 rings (SSSR count). The van der Waals surface area contributed by atoms with Gasteiger partial charge >= 0.3 is 0 Å². The van der Waals surface area contributed by atoms with Gasteiger partial charge in [-0.05, 0) is 46.9 Å². The monoisotopic (exact) mass is 306 g/mol. The number of fused-ring (bicyclic) bond motifs is 2. The third kappa shape index (κ3) is 2.82. The summed E-state index contributed by atoms with van der Waals surface area (Å²) in [6.07, 6.45) is 7.90. The van der Waals surface area contributed by atoms with Crippen molar-refractivity contribution < 1.29 is 10.2 Å². The Bertz CT molecular complexity index is 827. The molecule has 0 saturated heterocycles. The summed E-state index contributed by atoms with van der Waals surface area (Å²) in [5.74, 6) is 3.05. The number of hydrogen-bond acceptors (Lipinski definition) is 1. The molecule has 23 heavy (non-hydrogen) atoms. The van der Waals surface area contributed by atoms with Crippen molar-refractivity contribution in [1.82, 2.24) is 0 Å². The molecule has 0 radical (unpaired) electrons. The van der Waals surface area contributed by atoms with Crippen molar-refractivity contribution in [3.8, 4) is 0 Å². The lowest BCUT2D eigenvalue weighted by Gasteiger charge is -2.29. The second-order valence-corrected chi connectivity index (χ2v) is 6.39. The minimum absolute atomic E-state index is 0. The van der Waals surface area contributed by atoms with E-state index in [1.165, 1.54) is 16.3 Å². The van der Waals surface area contributed by atoms with Crippen LogP contribution >= 0.6 is 0 Å². The van der Waals surface area contributed by atoms with Crippen LogP contribution in [0.5, 0.6) is 0 Å². The lowest BCUT2D eigenvalue weighted by atomic mass is 9.87. The Kier molecular flexibility index (Phi) is 4.10. The molecule has 118 valence electrons. The topological polar surface area (TPSA) is 40.7 Å². The Morgan fingerprint density at radius 3 is 2.52 bits per heavy atom. The maximum absolute atomic E-state index is 6.20. The fourth-order valence-corrected chi connectivity index (χ4v) is 3.31. The summed E-state index contributed by atoms with van der Waals surface area (Å²) in [5, 5.41) is 2.52. The van der Waals surface area contributed by atoms with Crippen molar-refractivity contribution in [1.29, 1.82) is 0 Å². The van der Waals surface area contributed by atoms with E-state index in [0.29, 0.717) is 11.8 Å². The molecule has 2 heteroatoms. The van der Waals surface area contributed by atoms with Gasteiger partial charge in [0.2, 0.25) is 0 Å². The Labute approximate surface area is 137 Å². The highest BCUT2D eigenvalue weighted by molar-refractivity contribution is 5.85. The van der Waals surface area contributed by atoms with Crippen molar-refractivity contribution in [2.75, 3.05) is 0 Å². The molecule has 0 bridgehead atoms. The molecule has 2 unspecified atom stereocenters. The molecule has 0 spiro atoms. The summed E-state index contributed by atoms with van der Waals surface area (Å²) >= 11 is 0. The molecule has 1 heterocycles. The van der Waals surface area contributed by atoms with Crippen molar-refractivity contribution >= 4 is 16.5 Å². The zero-order valence-electron chi connectivity index (χ0n) is 13.5. The summed E-state index contributed by atoms with van der Waals surface area (Å²) in [6, 6.07) is 15.0. The highest BCUT2D eigenvalue weighted by atomic mass is 16.5. The van der Waals surface area contributed by atoms with Crippen LogP contribution in [0, 0.1) is 11.8 Å². The normalized spacial score (nSPS) is 23.0. The maximum Gasteiger partial charge on any atom is 0.131 e. The first-order valence-electron chi connectivity index (χ1n) is 8.02. The van der Waals surface area contributed by atoms with Gasteiger partial charge < -0.3 is 10.2 Å². The number of hydrogen-bond donors (Lipinski definition) is 0. The number of ether oxygens (including phenoxy) is 1. The average molecular weight is 306 g/mol. The molecule has 1 aliphatic carbocycles. The second kappa shape index (κ2) is 6.05. The van der Waals surface area contributed by atoms with Crippen molar-refractivity contribution in [2.45, 2.75) is 20.3 Å². The predicted octanol–water partition coefficient (Wildman–Crippen LogP) is 4.87. The highest BCUT2D eigenvalue weighted by Gasteiger charge is 2.25. The number of allylic oxidation sites excluding steroid dienone is 4. The van der Waals surface area contributed by atoms with E-state index in [2.05, 4.69) is 74.5 Å². The van der Waals surface area contributed by atoms with Gasteiger partial charge in [0.05, 0.1) is 0 Å². The molecule has 0 amide bonds. The SMILES string of the molecule is CC1C=C2C(=CC1)OC(c1ccc3ccccc3c1)=CC2C.O. The van der Waals surface area contributed by atoms with Gasteiger partial charge in [0.15, 0.2) is 0 Å². The average Bonchev–Trinajstić information content (AvgIpc) is 2.55.